The lowest BCUT2D eigenvalue weighted by molar-refractivity contribution is -0.120. The Balaban J connectivity index is 2.49. The van der Waals surface area contributed by atoms with E-state index in [1.165, 1.54) is 0 Å². The predicted octanol–water partition coefficient (Wildman–Crippen LogP) is -1.15. The van der Waals surface area contributed by atoms with Gasteiger partial charge >= 0.3 is 0 Å². The van der Waals surface area contributed by atoms with E-state index in [9.17, 15) is 4.79 Å². The fraction of sp³-hybridized carbons (Fsp3) is 0.400. The largest absolute Gasteiger partial charge is 0.333 e. The summed E-state index contributed by atoms with van der Waals surface area (Å²) in [6.45, 7) is 0. The Labute approximate surface area is 53.1 Å². The minimum absolute atomic E-state index is 0.000417. The lowest BCUT2D eigenvalue weighted by Gasteiger charge is -2.13. The number of nitrogens with two attached hydrogens (primary N) is 1. The Kier molecular flexibility index (Phi) is 1.81. The van der Waals surface area contributed by atoms with Crippen molar-refractivity contribution < 1.29 is 4.79 Å². The van der Waals surface area contributed by atoms with Gasteiger partial charge in [-0.3, -0.25) is 16.1 Å². The lowest BCUT2D eigenvalue weighted by Crippen LogP contribution is -2.40. The summed E-state index contributed by atoms with van der Waals surface area (Å²) in [5.74, 6) is 5.08. The average molecular weight is 127 g/mol. The molecular formula is C5H9N3O. The zero-order valence-corrected chi connectivity index (χ0v) is 4.92. The van der Waals surface area contributed by atoms with Gasteiger partial charge in [-0.05, 0) is 6.08 Å². The van der Waals surface area contributed by atoms with E-state index >= 15 is 0 Å². The maximum atomic E-state index is 10.6. The fourth-order valence-corrected chi connectivity index (χ4v) is 0.698. The van der Waals surface area contributed by atoms with Crippen LogP contribution in [-0.2, 0) is 4.79 Å². The van der Waals surface area contributed by atoms with Crippen LogP contribution in [0.15, 0.2) is 12.3 Å². The molecule has 0 spiro atoms. The first kappa shape index (κ1) is 6.25. The molecule has 1 aliphatic rings. The van der Waals surface area contributed by atoms with Gasteiger partial charge in [0.15, 0.2) is 0 Å². The van der Waals surface area contributed by atoms with E-state index in [2.05, 4.69) is 10.7 Å². The van der Waals surface area contributed by atoms with Crippen molar-refractivity contribution in [1.29, 1.82) is 0 Å². The van der Waals surface area contributed by atoms with Crippen LogP contribution in [0, 0.1) is 0 Å². The molecule has 0 bridgehead atoms. The molecule has 0 radical (unpaired) electrons. The van der Waals surface area contributed by atoms with Crippen LogP contribution in [0.1, 0.15) is 6.42 Å². The number of hydrogen-bond donors (Lipinski definition) is 3. The van der Waals surface area contributed by atoms with Crippen molar-refractivity contribution in [2.45, 2.75) is 12.5 Å². The highest BCUT2D eigenvalue weighted by Gasteiger charge is 2.11. The van der Waals surface area contributed by atoms with E-state index in [-0.39, 0.29) is 11.9 Å². The van der Waals surface area contributed by atoms with Gasteiger partial charge in [0.1, 0.15) is 0 Å². The summed E-state index contributed by atoms with van der Waals surface area (Å²) in [5.41, 5.74) is 2.49. The normalized spacial score (nSPS) is 25.9. The molecule has 0 aliphatic carbocycles. The Morgan fingerprint density at radius 2 is 2.67 bits per heavy atom. The highest BCUT2D eigenvalue weighted by atomic mass is 16.1. The first-order valence-electron chi connectivity index (χ1n) is 2.75. The monoisotopic (exact) mass is 127 g/mol. The van der Waals surface area contributed by atoms with Crippen LogP contribution in [0.4, 0.5) is 0 Å². The number of hydrazine groups is 1. The Bertz CT molecular complexity index is 143. The molecule has 1 unspecified atom stereocenters. The van der Waals surface area contributed by atoms with Gasteiger partial charge in [-0.2, -0.15) is 0 Å². The van der Waals surface area contributed by atoms with Crippen molar-refractivity contribution in [1.82, 2.24) is 10.7 Å². The van der Waals surface area contributed by atoms with Crippen molar-refractivity contribution in [3.05, 3.63) is 12.3 Å². The standard InChI is InChI=1S/C5H9N3O/c6-8-4-1-2-7-5(9)3-4/h1-2,4,8H,3,6H2,(H,7,9). The van der Waals surface area contributed by atoms with E-state index in [4.69, 9.17) is 5.84 Å². The molecule has 0 aromatic rings. The molecule has 0 saturated heterocycles. The zero-order chi connectivity index (χ0) is 6.69. The molecule has 1 heterocycles. The van der Waals surface area contributed by atoms with E-state index in [1.54, 1.807) is 12.3 Å². The van der Waals surface area contributed by atoms with Crippen LogP contribution in [0.5, 0.6) is 0 Å². The van der Waals surface area contributed by atoms with Crippen LogP contribution < -0.4 is 16.6 Å². The molecule has 1 amide bonds. The molecule has 1 atom stereocenters. The van der Waals surface area contributed by atoms with Gasteiger partial charge < -0.3 is 5.32 Å². The molecule has 0 saturated carbocycles. The maximum absolute atomic E-state index is 10.6. The molecule has 0 fully saturated rings. The quantitative estimate of drug-likeness (QED) is 0.308. The molecule has 9 heavy (non-hydrogen) atoms. The minimum Gasteiger partial charge on any atom is -0.333 e. The van der Waals surface area contributed by atoms with Gasteiger partial charge in [-0.25, -0.2) is 0 Å². The number of carbonyl (C=O) groups is 1. The van der Waals surface area contributed by atoms with Gasteiger partial charge in [-0.15, -0.1) is 0 Å². The number of rotatable bonds is 1. The fourth-order valence-electron chi connectivity index (χ4n) is 0.698. The highest BCUT2D eigenvalue weighted by Crippen LogP contribution is 1.96. The second-order valence-corrected chi connectivity index (χ2v) is 1.90. The van der Waals surface area contributed by atoms with Crippen LogP contribution in [0.3, 0.4) is 0 Å². The molecule has 4 nitrogen and oxygen atoms in total. The van der Waals surface area contributed by atoms with Crippen LogP contribution in [0.25, 0.3) is 0 Å². The maximum Gasteiger partial charge on any atom is 0.225 e. The topological polar surface area (TPSA) is 67.2 Å². The third kappa shape index (κ3) is 1.51. The molecule has 0 aromatic carbocycles. The summed E-state index contributed by atoms with van der Waals surface area (Å²) in [5, 5.41) is 2.53. The second kappa shape index (κ2) is 2.61. The summed E-state index contributed by atoms with van der Waals surface area (Å²) < 4.78 is 0. The molecular weight excluding hydrogens is 118 g/mol. The van der Waals surface area contributed by atoms with Crippen molar-refractivity contribution >= 4 is 5.91 Å². The number of carbonyl (C=O) groups excluding carboxylic acids is 1. The number of hydrogen-bond acceptors (Lipinski definition) is 3. The van der Waals surface area contributed by atoms with Gasteiger partial charge in [0.2, 0.25) is 5.91 Å². The number of nitrogens with one attached hydrogen (secondary N) is 2. The van der Waals surface area contributed by atoms with E-state index in [1.807, 2.05) is 0 Å². The summed E-state index contributed by atoms with van der Waals surface area (Å²) in [6.07, 6.45) is 3.82. The van der Waals surface area contributed by atoms with Crippen molar-refractivity contribution in [3.63, 3.8) is 0 Å². The van der Waals surface area contributed by atoms with E-state index in [0.29, 0.717) is 6.42 Å². The summed E-state index contributed by atoms with van der Waals surface area (Å²) in [4.78, 5) is 10.6. The first-order chi connectivity index (χ1) is 4.33. The van der Waals surface area contributed by atoms with Crippen molar-refractivity contribution in [2.75, 3.05) is 0 Å². The van der Waals surface area contributed by atoms with Gasteiger partial charge in [0.25, 0.3) is 0 Å². The smallest absolute Gasteiger partial charge is 0.225 e. The zero-order valence-electron chi connectivity index (χ0n) is 4.92. The second-order valence-electron chi connectivity index (χ2n) is 1.90. The summed E-state index contributed by atoms with van der Waals surface area (Å²) >= 11 is 0. The summed E-state index contributed by atoms with van der Waals surface area (Å²) in [6, 6.07) is -0.00116. The van der Waals surface area contributed by atoms with Gasteiger partial charge in [0, 0.05) is 18.7 Å². The Morgan fingerprint density at radius 1 is 1.89 bits per heavy atom. The van der Waals surface area contributed by atoms with Gasteiger partial charge in [-0.1, -0.05) is 0 Å². The lowest BCUT2D eigenvalue weighted by atomic mass is 10.2. The molecule has 0 aromatic heterocycles. The third-order valence-electron chi connectivity index (χ3n) is 1.19. The average Bonchev–Trinajstić information content (AvgIpc) is 1.88. The molecule has 1 aliphatic heterocycles. The van der Waals surface area contributed by atoms with Crippen molar-refractivity contribution in [2.24, 2.45) is 5.84 Å². The van der Waals surface area contributed by atoms with Crippen LogP contribution in [-0.4, -0.2) is 11.9 Å². The Hall–Kier alpha value is -0.870. The molecule has 50 valence electrons. The van der Waals surface area contributed by atoms with Crippen LogP contribution >= 0.6 is 0 Å². The number of amides is 1. The molecule has 1 rings (SSSR count). The first-order valence-corrected chi connectivity index (χ1v) is 2.75. The van der Waals surface area contributed by atoms with E-state index < -0.39 is 0 Å². The molecule has 4 N–H and O–H groups in total. The SMILES string of the molecule is NNC1C=CNC(=O)C1. The molecule has 4 heteroatoms. The summed E-state index contributed by atoms with van der Waals surface area (Å²) in [7, 11) is 0. The Morgan fingerprint density at radius 3 is 3.11 bits per heavy atom. The van der Waals surface area contributed by atoms with E-state index in [0.717, 1.165) is 0 Å². The highest BCUT2D eigenvalue weighted by molar-refractivity contribution is 5.78. The minimum atomic E-state index is -0.00116. The predicted molar refractivity (Wildman–Crippen MR) is 33.0 cm³/mol. The van der Waals surface area contributed by atoms with Crippen molar-refractivity contribution in [3.8, 4) is 0 Å². The van der Waals surface area contributed by atoms with Crippen LogP contribution in [0.2, 0.25) is 0 Å². The third-order valence-corrected chi connectivity index (χ3v) is 1.19. The van der Waals surface area contributed by atoms with Gasteiger partial charge in [0.05, 0.1) is 0 Å².